The van der Waals surface area contributed by atoms with Gasteiger partial charge in [0.05, 0.1) is 16.6 Å². The molecule has 1 unspecified atom stereocenters. The fraction of sp³-hybridized carbons (Fsp3) is 0.613. The van der Waals surface area contributed by atoms with Crippen LogP contribution in [-0.2, 0) is 12.8 Å². The third-order valence-corrected chi connectivity index (χ3v) is 12.4. The van der Waals surface area contributed by atoms with Crippen molar-refractivity contribution >= 4 is 58.6 Å². The van der Waals surface area contributed by atoms with Crippen molar-refractivity contribution in [2.24, 2.45) is 0 Å². The molecule has 2 fully saturated rings. The van der Waals surface area contributed by atoms with Crippen molar-refractivity contribution in [2.45, 2.75) is 120 Å². The van der Waals surface area contributed by atoms with Gasteiger partial charge in [-0.3, -0.25) is 0 Å². The first kappa shape index (κ1) is 30.0. The quantitative estimate of drug-likeness (QED) is 0.238. The summed E-state index contributed by atoms with van der Waals surface area (Å²) in [7, 11) is 7.72. The van der Waals surface area contributed by atoms with Crippen molar-refractivity contribution in [2.75, 3.05) is 0 Å². The summed E-state index contributed by atoms with van der Waals surface area (Å²) in [5, 5.41) is 3.21. The Kier molecular flexibility index (Phi) is 14.1. The Balaban J connectivity index is 0.00000108. The standard InChI is InChI=1S/C30H44P2.CH3.ClH.Po/c1-3-13-23-21-24(14-4-2)30(28(31)22-23)27-19-11-12-20-29(27)32(25-15-7-5-8-16-25)26-17-9-6-10-18-26;;;/h11-12,19-22,25-26H,3-10,13-18,31H2,1-2H3;1H3;1H;/q;;;+1. The zero-order valence-corrected chi connectivity index (χ0v) is 28.5. The molecule has 2 aliphatic carbocycles. The fourth-order valence-electron chi connectivity index (χ4n) is 6.58. The van der Waals surface area contributed by atoms with Gasteiger partial charge in [0, 0.05) is 13.5 Å². The monoisotopic (exact) mass is 726 g/mol. The second-order valence-corrected chi connectivity index (χ2v) is 18.2. The topological polar surface area (TPSA) is 0 Å². The van der Waals surface area contributed by atoms with E-state index in [-0.39, 0.29) is 22.4 Å². The van der Waals surface area contributed by atoms with E-state index in [9.17, 15) is 0 Å². The van der Waals surface area contributed by atoms with E-state index >= 15 is 0 Å². The zero-order valence-electron chi connectivity index (χ0n) is 22.4. The number of hydrogen-bond acceptors (Lipinski definition) is 0. The Labute approximate surface area is 235 Å². The third kappa shape index (κ3) is 8.49. The van der Waals surface area contributed by atoms with Crippen LogP contribution < -0.4 is 10.6 Å². The van der Waals surface area contributed by atoms with Crippen LogP contribution in [0.3, 0.4) is 0 Å². The number of aryl methyl sites for hydroxylation is 2. The van der Waals surface area contributed by atoms with Gasteiger partial charge < -0.3 is 0 Å². The first-order chi connectivity index (χ1) is 17.1. The van der Waals surface area contributed by atoms with Crippen molar-refractivity contribution in [3.8, 4) is 11.1 Å². The molecule has 0 aromatic heterocycles. The van der Waals surface area contributed by atoms with Crippen molar-refractivity contribution in [3.63, 3.8) is 0 Å². The Bertz CT molecular complexity index is 870. The van der Waals surface area contributed by atoms with Crippen LogP contribution in [0.1, 0.15) is 102 Å². The average Bonchev–Trinajstić information content (AvgIpc) is 2.87. The Morgan fingerprint density at radius 3 is 1.94 bits per heavy atom. The van der Waals surface area contributed by atoms with Crippen LogP contribution in [0, 0.1) is 0 Å². The summed E-state index contributed by atoms with van der Waals surface area (Å²) in [5.74, 6) is 0. The molecular weight excluding hydrogens is 679 g/mol. The predicted molar refractivity (Wildman–Crippen MR) is 168 cm³/mol. The molecule has 0 spiro atoms. The first-order valence-corrected chi connectivity index (χ1v) is 23.5. The molecule has 2 aromatic rings. The van der Waals surface area contributed by atoms with Crippen LogP contribution in [-0.4, -0.2) is 33.7 Å². The molecule has 1 atom stereocenters. The van der Waals surface area contributed by atoms with E-state index in [1.807, 2.05) is 0 Å². The summed E-state index contributed by atoms with van der Waals surface area (Å²) in [6, 6.07) is 14.7. The van der Waals surface area contributed by atoms with E-state index in [0.717, 1.165) is 11.3 Å². The number of rotatable bonds is 8. The van der Waals surface area contributed by atoms with Gasteiger partial charge in [-0.05, 0) is 92.3 Å². The molecule has 0 aliphatic heterocycles. The van der Waals surface area contributed by atoms with Gasteiger partial charge in [0.25, 0.3) is 0 Å². The summed E-state index contributed by atoms with van der Waals surface area (Å²) in [4.78, 5) is 0. The fourth-order valence-corrected chi connectivity index (χ4v) is 11.5. The van der Waals surface area contributed by atoms with Crippen molar-refractivity contribution in [3.05, 3.63) is 47.5 Å². The molecule has 194 valence electrons. The third-order valence-electron chi connectivity index (χ3n) is 7.97. The molecule has 0 amide bonds. The van der Waals surface area contributed by atoms with E-state index in [1.54, 1.807) is 22.0 Å². The van der Waals surface area contributed by atoms with Gasteiger partial charge >= 0.3 is 35.4 Å². The zero-order chi connectivity index (χ0) is 25.0. The van der Waals surface area contributed by atoms with Gasteiger partial charge in [-0.1, -0.05) is 69.9 Å². The van der Waals surface area contributed by atoms with Crippen molar-refractivity contribution in [1.29, 1.82) is 0 Å². The van der Waals surface area contributed by atoms with Crippen LogP contribution >= 0.6 is 25.6 Å². The second-order valence-electron chi connectivity index (χ2n) is 10.5. The molecule has 35 heavy (non-hydrogen) atoms. The molecule has 2 aromatic carbocycles. The van der Waals surface area contributed by atoms with Crippen molar-refractivity contribution < 1.29 is 0 Å². The Morgan fingerprint density at radius 2 is 1.40 bits per heavy atom. The molecule has 0 heterocycles. The van der Waals surface area contributed by atoms with Gasteiger partial charge in [-0.15, -0.1) is 9.24 Å². The molecule has 4 rings (SSSR count). The number of halogens is 1. The molecule has 0 radical (unpaired) electrons. The maximum absolute atomic E-state index is 5.17. The molecule has 0 N–H and O–H groups in total. The summed E-state index contributed by atoms with van der Waals surface area (Å²) in [5.41, 5.74) is 8.23. The van der Waals surface area contributed by atoms with Crippen molar-refractivity contribution in [1.82, 2.24) is 0 Å². The predicted octanol–water partition coefficient (Wildman–Crippen LogP) is 9.16. The second kappa shape index (κ2) is 16.4. The normalized spacial score (nSPS) is 17.3. The molecule has 4 heteroatoms. The molecule has 0 bridgehead atoms. The van der Waals surface area contributed by atoms with Crippen LogP contribution in [0.15, 0.2) is 36.4 Å². The van der Waals surface area contributed by atoms with E-state index in [2.05, 4.69) is 64.1 Å². The van der Waals surface area contributed by atoms with Gasteiger partial charge in [0.1, 0.15) is 0 Å². The van der Waals surface area contributed by atoms with E-state index < -0.39 is 7.92 Å². The number of benzene rings is 2. The SMILES string of the molecule is CCCc1cc(P)c(-c2ccccc2[PH+](C2CCCCC2)C2CCCCC2)c(CCC)c1.[CH3][Po][Cl]. The summed E-state index contributed by atoms with van der Waals surface area (Å²) < 4.78 is 2.06. The average molecular weight is 727 g/mol. The maximum atomic E-state index is 5.17. The Hall–Kier alpha value is 0.486. The Morgan fingerprint density at radius 1 is 0.857 bits per heavy atom. The van der Waals surface area contributed by atoms with Gasteiger partial charge in [0.15, 0.2) is 0 Å². The molecule has 0 saturated heterocycles. The van der Waals surface area contributed by atoms with Crippen LogP contribution in [0.2, 0.25) is 4.58 Å². The molecule has 2 aliphatic rings. The van der Waals surface area contributed by atoms with E-state index in [0.29, 0.717) is 0 Å². The first-order valence-electron chi connectivity index (χ1n) is 14.2. The molecule has 2 saturated carbocycles. The van der Waals surface area contributed by atoms with E-state index in [4.69, 9.17) is 8.45 Å². The summed E-state index contributed by atoms with van der Waals surface area (Å²) >= 11 is -0.278. The molecule has 0 nitrogen and oxygen atoms in total. The van der Waals surface area contributed by atoms with Crippen LogP contribution in [0.4, 0.5) is 0 Å². The van der Waals surface area contributed by atoms with Crippen LogP contribution in [0.5, 0.6) is 0 Å². The molecular formula is C31H48ClP2Po+. The summed E-state index contributed by atoms with van der Waals surface area (Å²) in [6.07, 6.45) is 19.6. The summed E-state index contributed by atoms with van der Waals surface area (Å²) in [6.45, 7) is 4.64. The minimum absolute atomic E-state index is 0.278. The van der Waals surface area contributed by atoms with Gasteiger partial charge in [0.2, 0.25) is 0 Å². The van der Waals surface area contributed by atoms with Gasteiger partial charge in [-0.25, -0.2) is 0 Å². The van der Waals surface area contributed by atoms with E-state index in [1.165, 1.54) is 101 Å². The number of hydrogen-bond donors (Lipinski definition) is 0. The van der Waals surface area contributed by atoms with Gasteiger partial charge in [-0.2, -0.15) is 0 Å². The van der Waals surface area contributed by atoms with Crippen LogP contribution in [0.25, 0.3) is 11.1 Å². The minimum atomic E-state index is -0.577.